The highest BCUT2D eigenvalue weighted by atomic mass is 16.2. The lowest BCUT2D eigenvalue weighted by atomic mass is 9.92. The summed E-state index contributed by atoms with van der Waals surface area (Å²) in [6.07, 6.45) is 1.16. The maximum absolute atomic E-state index is 11.7. The molecule has 0 aliphatic heterocycles. The number of hydrogen-bond donors (Lipinski definition) is 0. The van der Waals surface area contributed by atoms with Crippen LogP contribution in [0.25, 0.3) is 0 Å². The SMILES string of the molecule is CC.CCN(C)C(=O)C(CC=O)C(C)C. The van der Waals surface area contributed by atoms with Gasteiger partial charge < -0.3 is 9.69 Å². The molecule has 0 aliphatic rings. The summed E-state index contributed by atoms with van der Waals surface area (Å²) in [6.45, 7) is 10.6. The van der Waals surface area contributed by atoms with Crippen LogP contribution in [0.5, 0.6) is 0 Å². The standard InChI is InChI=1S/C10H19NO2.C2H6/c1-5-11(4)10(13)9(6-7-12)8(2)3;1-2/h7-9H,5-6H2,1-4H3;1-2H3. The second kappa shape index (κ2) is 9.69. The van der Waals surface area contributed by atoms with Crippen LogP contribution in [0.15, 0.2) is 0 Å². The van der Waals surface area contributed by atoms with E-state index in [1.165, 1.54) is 0 Å². The first kappa shape index (κ1) is 16.6. The van der Waals surface area contributed by atoms with Gasteiger partial charge in [0.15, 0.2) is 0 Å². The van der Waals surface area contributed by atoms with Gasteiger partial charge in [-0.25, -0.2) is 0 Å². The average molecular weight is 215 g/mol. The van der Waals surface area contributed by atoms with E-state index in [1.807, 2.05) is 34.6 Å². The summed E-state index contributed by atoms with van der Waals surface area (Å²) >= 11 is 0. The minimum Gasteiger partial charge on any atom is -0.346 e. The van der Waals surface area contributed by atoms with Gasteiger partial charge in [0.1, 0.15) is 6.29 Å². The molecule has 0 saturated heterocycles. The zero-order valence-electron chi connectivity index (χ0n) is 10.9. The Morgan fingerprint density at radius 1 is 1.33 bits per heavy atom. The summed E-state index contributed by atoms with van der Waals surface area (Å²) in [4.78, 5) is 23.7. The van der Waals surface area contributed by atoms with Gasteiger partial charge in [-0.3, -0.25) is 4.79 Å². The fourth-order valence-electron chi connectivity index (χ4n) is 1.20. The van der Waals surface area contributed by atoms with Gasteiger partial charge in [0, 0.05) is 25.9 Å². The Balaban J connectivity index is 0. The summed E-state index contributed by atoms with van der Waals surface area (Å²) in [5, 5.41) is 0. The first-order valence-electron chi connectivity index (χ1n) is 5.73. The molecular formula is C12H25NO2. The minimum atomic E-state index is -0.151. The summed E-state index contributed by atoms with van der Waals surface area (Å²) in [7, 11) is 1.77. The van der Waals surface area contributed by atoms with Crippen molar-refractivity contribution in [3.63, 3.8) is 0 Å². The molecule has 0 rings (SSSR count). The molecule has 90 valence electrons. The van der Waals surface area contributed by atoms with Crippen LogP contribution < -0.4 is 0 Å². The summed E-state index contributed by atoms with van der Waals surface area (Å²) in [5.74, 6) is 0.152. The molecule has 0 aliphatic carbocycles. The molecule has 0 heterocycles. The Hall–Kier alpha value is -0.860. The summed E-state index contributed by atoms with van der Waals surface area (Å²) in [6, 6.07) is 0. The average Bonchev–Trinajstić information content (AvgIpc) is 2.26. The lowest BCUT2D eigenvalue weighted by Gasteiger charge is -2.23. The molecule has 0 saturated carbocycles. The van der Waals surface area contributed by atoms with Crippen LogP contribution in [-0.2, 0) is 9.59 Å². The minimum absolute atomic E-state index is 0.0737. The number of carbonyl (C=O) groups is 2. The van der Waals surface area contributed by atoms with E-state index < -0.39 is 0 Å². The molecule has 3 nitrogen and oxygen atoms in total. The molecule has 0 N–H and O–H groups in total. The number of aldehydes is 1. The molecule has 3 heteroatoms. The van der Waals surface area contributed by atoms with E-state index >= 15 is 0 Å². The number of rotatable bonds is 5. The van der Waals surface area contributed by atoms with Gasteiger partial charge in [-0.05, 0) is 12.8 Å². The highest BCUT2D eigenvalue weighted by Gasteiger charge is 2.23. The molecule has 1 atom stereocenters. The molecule has 0 radical (unpaired) electrons. The van der Waals surface area contributed by atoms with E-state index in [1.54, 1.807) is 11.9 Å². The van der Waals surface area contributed by atoms with Crippen molar-refractivity contribution >= 4 is 12.2 Å². The summed E-state index contributed by atoms with van der Waals surface area (Å²) < 4.78 is 0. The van der Waals surface area contributed by atoms with Crippen molar-refractivity contribution in [1.29, 1.82) is 0 Å². The Kier molecular flexibility index (Phi) is 10.7. The smallest absolute Gasteiger partial charge is 0.226 e. The molecule has 0 bridgehead atoms. The molecule has 1 amide bonds. The number of nitrogens with zero attached hydrogens (tertiary/aromatic N) is 1. The van der Waals surface area contributed by atoms with Crippen LogP contribution in [-0.4, -0.2) is 30.7 Å². The second-order valence-electron chi connectivity index (χ2n) is 3.61. The molecule has 0 aromatic rings. The van der Waals surface area contributed by atoms with Crippen LogP contribution in [0.3, 0.4) is 0 Å². The van der Waals surface area contributed by atoms with E-state index in [0.29, 0.717) is 13.0 Å². The highest BCUT2D eigenvalue weighted by molar-refractivity contribution is 5.81. The third-order valence-corrected chi connectivity index (χ3v) is 2.32. The number of hydrogen-bond acceptors (Lipinski definition) is 2. The van der Waals surface area contributed by atoms with Gasteiger partial charge >= 0.3 is 0 Å². The first-order chi connectivity index (χ1) is 7.04. The van der Waals surface area contributed by atoms with Crippen molar-refractivity contribution in [3.05, 3.63) is 0 Å². The van der Waals surface area contributed by atoms with Gasteiger partial charge in [-0.1, -0.05) is 27.7 Å². The van der Waals surface area contributed by atoms with E-state index in [-0.39, 0.29) is 17.7 Å². The number of amides is 1. The molecule has 0 aromatic heterocycles. The Labute approximate surface area is 93.8 Å². The number of carbonyl (C=O) groups excluding carboxylic acids is 2. The van der Waals surface area contributed by atoms with Crippen LogP contribution in [0.2, 0.25) is 0 Å². The highest BCUT2D eigenvalue weighted by Crippen LogP contribution is 2.16. The topological polar surface area (TPSA) is 37.4 Å². The maximum atomic E-state index is 11.7. The lowest BCUT2D eigenvalue weighted by molar-refractivity contribution is -0.136. The molecule has 1 unspecified atom stereocenters. The maximum Gasteiger partial charge on any atom is 0.226 e. The molecule has 15 heavy (non-hydrogen) atoms. The van der Waals surface area contributed by atoms with Gasteiger partial charge in [-0.15, -0.1) is 0 Å². The summed E-state index contributed by atoms with van der Waals surface area (Å²) in [5.41, 5.74) is 0. The first-order valence-corrected chi connectivity index (χ1v) is 5.73. The van der Waals surface area contributed by atoms with E-state index in [9.17, 15) is 9.59 Å². The van der Waals surface area contributed by atoms with Gasteiger partial charge in [-0.2, -0.15) is 0 Å². The third-order valence-electron chi connectivity index (χ3n) is 2.32. The largest absolute Gasteiger partial charge is 0.346 e. The predicted octanol–water partition coefficient (Wildman–Crippen LogP) is 2.35. The molecule has 0 aromatic carbocycles. The van der Waals surface area contributed by atoms with Gasteiger partial charge in [0.2, 0.25) is 5.91 Å². The van der Waals surface area contributed by atoms with E-state index in [0.717, 1.165) is 6.29 Å². The predicted molar refractivity (Wildman–Crippen MR) is 63.7 cm³/mol. The molecular weight excluding hydrogens is 190 g/mol. The van der Waals surface area contributed by atoms with Gasteiger partial charge in [0.25, 0.3) is 0 Å². The monoisotopic (exact) mass is 215 g/mol. The third kappa shape index (κ3) is 6.26. The Bertz CT molecular complexity index is 178. The fourth-order valence-corrected chi connectivity index (χ4v) is 1.20. The van der Waals surface area contributed by atoms with Crippen molar-refractivity contribution in [2.75, 3.05) is 13.6 Å². The zero-order chi connectivity index (χ0) is 12.4. The Morgan fingerprint density at radius 2 is 1.80 bits per heavy atom. The zero-order valence-corrected chi connectivity index (χ0v) is 10.9. The van der Waals surface area contributed by atoms with Crippen molar-refractivity contribution in [2.45, 2.75) is 41.0 Å². The Morgan fingerprint density at radius 3 is 2.07 bits per heavy atom. The quantitative estimate of drug-likeness (QED) is 0.660. The van der Waals surface area contributed by atoms with Crippen LogP contribution in [0.1, 0.15) is 41.0 Å². The fraction of sp³-hybridized carbons (Fsp3) is 0.833. The normalized spacial score (nSPS) is 11.4. The van der Waals surface area contributed by atoms with Crippen molar-refractivity contribution in [3.8, 4) is 0 Å². The lowest BCUT2D eigenvalue weighted by Crippen LogP contribution is -2.35. The van der Waals surface area contributed by atoms with Crippen molar-refractivity contribution in [2.24, 2.45) is 11.8 Å². The van der Waals surface area contributed by atoms with Crippen LogP contribution in [0, 0.1) is 11.8 Å². The molecule has 0 spiro atoms. The molecule has 0 fully saturated rings. The van der Waals surface area contributed by atoms with Crippen LogP contribution >= 0.6 is 0 Å². The van der Waals surface area contributed by atoms with Crippen molar-refractivity contribution < 1.29 is 9.59 Å². The van der Waals surface area contributed by atoms with Crippen molar-refractivity contribution in [1.82, 2.24) is 4.90 Å². The van der Waals surface area contributed by atoms with E-state index in [4.69, 9.17) is 0 Å². The van der Waals surface area contributed by atoms with Gasteiger partial charge in [0.05, 0.1) is 0 Å². The van der Waals surface area contributed by atoms with E-state index in [2.05, 4.69) is 0 Å². The second-order valence-corrected chi connectivity index (χ2v) is 3.61. The van der Waals surface area contributed by atoms with Crippen LogP contribution in [0.4, 0.5) is 0 Å².